The van der Waals surface area contributed by atoms with Gasteiger partial charge in [0.05, 0.1) is 0 Å². The Labute approximate surface area is 115 Å². The third-order valence-electron chi connectivity index (χ3n) is 3.17. The van der Waals surface area contributed by atoms with Crippen LogP contribution in [0.4, 0.5) is 5.82 Å². The van der Waals surface area contributed by atoms with Crippen LogP contribution in [0, 0.1) is 0 Å². The summed E-state index contributed by atoms with van der Waals surface area (Å²) in [4.78, 5) is 16.1. The van der Waals surface area contributed by atoms with Crippen molar-refractivity contribution in [3.05, 3.63) is 54.4 Å². The van der Waals surface area contributed by atoms with E-state index in [9.17, 15) is 9.90 Å². The molecule has 0 fully saturated rings. The van der Waals surface area contributed by atoms with E-state index in [4.69, 9.17) is 0 Å². The number of rotatable bonds is 2. The number of nitrogens with zero attached hydrogens (tertiary/aromatic N) is 2. The number of anilines is 1. The molecule has 0 unspecified atom stereocenters. The number of aryl methyl sites for hydroxylation is 1. The third kappa shape index (κ3) is 2.09. The fourth-order valence-corrected chi connectivity index (χ4v) is 2.10. The Balaban J connectivity index is 1.91. The fraction of sp³-hybridized carbons (Fsp3) is 0.0667. The van der Waals surface area contributed by atoms with Crippen LogP contribution >= 0.6 is 0 Å². The summed E-state index contributed by atoms with van der Waals surface area (Å²) in [6.45, 7) is 0. The first-order valence-corrected chi connectivity index (χ1v) is 6.15. The van der Waals surface area contributed by atoms with Crippen molar-refractivity contribution in [1.82, 2.24) is 9.55 Å². The molecular weight excluding hydrogens is 254 g/mol. The van der Waals surface area contributed by atoms with Gasteiger partial charge in [0.1, 0.15) is 0 Å². The molecule has 2 N–H and O–H groups in total. The van der Waals surface area contributed by atoms with Crippen molar-refractivity contribution < 1.29 is 9.90 Å². The largest absolute Gasteiger partial charge is 0.504 e. The molecule has 100 valence electrons. The van der Waals surface area contributed by atoms with E-state index in [0.717, 1.165) is 10.9 Å². The van der Waals surface area contributed by atoms with Gasteiger partial charge in [-0.3, -0.25) is 4.79 Å². The second kappa shape index (κ2) is 4.70. The van der Waals surface area contributed by atoms with Crippen LogP contribution in [0.15, 0.2) is 48.8 Å². The molecule has 1 aromatic carbocycles. The van der Waals surface area contributed by atoms with Crippen LogP contribution < -0.4 is 5.32 Å². The van der Waals surface area contributed by atoms with Crippen LogP contribution in [-0.4, -0.2) is 20.6 Å². The molecule has 3 rings (SSSR count). The van der Waals surface area contributed by atoms with Gasteiger partial charge in [-0.05, 0) is 36.4 Å². The van der Waals surface area contributed by atoms with Gasteiger partial charge in [-0.15, -0.1) is 0 Å². The minimum absolute atomic E-state index is 0.0540. The number of carbonyl (C=O) groups excluding carboxylic acids is 1. The molecule has 20 heavy (non-hydrogen) atoms. The van der Waals surface area contributed by atoms with E-state index < -0.39 is 0 Å². The second-order valence-electron chi connectivity index (χ2n) is 4.53. The van der Waals surface area contributed by atoms with Gasteiger partial charge in [0.25, 0.3) is 5.91 Å². The monoisotopic (exact) mass is 267 g/mol. The summed E-state index contributed by atoms with van der Waals surface area (Å²) < 4.78 is 1.99. The topological polar surface area (TPSA) is 67.2 Å². The Hall–Kier alpha value is -2.82. The smallest absolute Gasteiger partial charge is 0.256 e. The molecule has 0 saturated heterocycles. The molecule has 2 aromatic heterocycles. The molecule has 1 amide bonds. The van der Waals surface area contributed by atoms with E-state index in [2.05, 4.69) is 10.3 Å². The summed E-state index contributed by atoms with van der Waals surface area (Å²) in [5.74, 6) is -0.197. The number of benzene rings is 1. The van der Waals surface area contributed by atoms with Crippen LogP contribution in [0.5, 0.6) is 5.75 Å². The SMILES string of the molecule is Cn1ccc2cc(C(=O)Nc3ncccc3O)ccc21. The van der Waals surface area contributed by atoms with E-state index in [1.807, 2.05) is 36.0 Å². The quantitative estimate of drug-likeness (QED) is 0.749. The standard InChI is InChI=1S/C15H13N3O2/c1-18-8-6-10-9-11(4-5-12(10)18)15(20)17-14-13(19)3-2-7-16-14/h2-9,19H,1H3,(H,16,17,20). The number of carbonyl (C=O) groups is 1. The van der Waals surface area contributed by atoms with E-state index in [1.165, 1.54) is 12.3 Å². The van der Waals surface area contributed by atoms with Gasteiger partial charge in [-0.25, -0.2) is 4.98 Å². The van der Waals surface area contributed by atoms with Gasteiger partial charge in [0.2, 0.25) is 0 Å². The highest BCUT2D eigenvalue weighted by molar-refractivity contribution is 6.06. The molecular formula is C15H13N3O2. The maximum Gasteiger partial charge on any atom is 0.256 e. The predicted molar refractivity (Wildman–Crippen MR) is 76.8 cm³/mol. The normalized spacial score (nSPS) is 10.7. The summed E-state index contributed by atoms with van der Waals surface area (Å²) in [5.41, 5.74) is 1.58. The van der Waals surface area contributed by atoms with Crippen molar-refractivity contribution in [2.45, 2.75) is 0 Å². The summed E-state index contributed by atoms with van der Waals surface area (Å²) in [6.07, 6.45) is 3.45. The molecule has 2 heterocycles. The minimum Gasteiger partial charge on any atom is -0.504 e. The number of amides is 1. The Morgan fingerprint density at radius 2 is 2.15 bits per heavy atom. The molecule has 0 bridgehead atoms. The Morgan fingerprint density at radius 1 is 1.30 bits per heavy atom. The third-order valence-corrected chi connectivity index (χ3v) is 3.17. The van der Waals surface area contributed by atoms with Crippen molar-refractivity contribution in [3.8, 4) is 5.75 Å². The van der Waals surface area contributed by atoms with Gasteiger partial charge >= 0.3 is 0 Å². The number of hydrogen-bond donors (Lipinski definition) is 2. The Bertz CT molecular complexity index is 793. The van der Waals surface area contributed by atoms with E-state index in [-0.39, 0.29) is 17.5 Å². The van der Waals surface area contributed by atoms with Gasteiger partial charge in [-0.1, -0.05) is 0 Å². The molecule has 0 aliphatic heterocycles. The number of hydrogen-bond acceptors (Lipinski definition) is 3. The molecule has 0 saturated carbocycles. The molecule has 0 radical (unpaired) electrons. The summed E-state index contributed by atoms with van der Waals surface area (Å²) in [7, 11) is 1.95. The van der Waals surface area contributed by atoms with Gasteiger partial charge in [0.15, 0.2) is 11.6 Å². The highest BCUT2D eigenvalue weighted by Gasteiger charge is 2.10. The van der Waals surface area contributed by atoms with Gasteiger partial charge < -0.3 is 15.0 Å². The molecule has 5 nitrogen and oxygen atoms in total. The Kier molecular flexibility index (Phi) is 2.87. The summed E-state index contributed by atoms with van der Waals surface area (Å²) in [5, 5.41) is 13.2. The average molecular weight is 267 g/mol. The van der Waals surface area contributed by atoms with Crippen LogP contribution in [0.1, 0.15) is 10.4 Å². The van der Waals surface area contributed by atoms with Crippen molar-refractivity contribution in [2.75, 3.05) is 5.32 Å². The van der Waals surface area contributed by atoms with Crippen LogP contribution in [0.25, 0.3) is 10.9 Å². The molecule has 0 spiro atoms. The number of fused-ring (bicyclic) bond motifs is 1. The molecule has 0 aliphatic carbocycles. The second-order valence-corrected chi connectivity index (χ2v) is 4.53. The van der Waals surface area contributed by atoms with Crippen molar-refractivity contribution in [2.24, 2.45) is 7.05 Å². The molecule has 0 aliphatic rings. The number of nitrogens with one attached hydrogen (secondary N) is 1. The lowest BCUT2D eigenvalue weighted by Crippen LogP contribution is -2.12. The van der Waals surface area contributed by atoms with E-state index in [0.29, 0.717) is 5.56 Å². The number of aromatic hydroxyl groups is 1. The maximum absolute atomic E-state index is 12.1. The molecule has 5 heteroatoms. The fourth-order valence-electron chi connectivity index (χ4n) is 2.10. The summed E-state index contributed by atoms with van der Waals surface area (Å²) >= 11 is 0. The van der Waals surface area contributed by atoms with Gasteiger partial charge in [0, 0.05) is 35.9 Å². The van der Waals surface area contributed by atoms with Crippen molar-refractivity contribution in [3.63, 3.8) is 0 Å². The van der Waals surface area contributed by atoms with Gasteiger partial charge in [-0.2, -0.15) is 0 Å². The first-order valence-electron chi connectivity index (χ1n) is 6.15. The van der Waals surface area contributed by atoms with E-state index in [1.54, 1.807) is 12.1 Å². The first-order chi connectivity index (χ1) is 9.65. The molecule has 3 aromatic rings. The Morgan fingerprint density at radius 3 is 2.95 bits per heavy atom. The maximum atomic E-state index is 12.1. The lowest BCUT2D eigenvalue weighted by atomic mass is 10.1. The number of aromatic nitrogens is 2. The van der Waals surface area contributed by atoms with Crippen LogP contribution in [-0.2, 0) is 7.05 Å². The van der Waals surface area contributed by atoms with Crippen molar-refractivity contribution in [1.29, 1.82) is 0 Å². The van der Waals surface area contributed by atoms with Crippen LogP contribution in [0.2, 0.25) is 0 Å². The van der Waals surface area contributed by atoms with E-state index >= 15 is 0 Å². The first kappa shape index (κ1) is 12.2. The lowest BCUT2D eigenvalue weighted by Gasteiger charge is -2.06. The molecule has 0 atom stereocenters. The lowest BCUT2D eigenvalue weighted by molar-refractivity contribution is 0.102. The number of pyridine rings is 1. The zero-order chi connectivity index (χ0) is 14.1. The van der Waals surface area contributed by atoms with Crippen LogP contribution in [0.3, 0.4) is 0 Å². The zero-order valence-electron chi connectivity index (χ0n) is 10.9. The highest BCUT2D eigenvalue weighted by atomic mass is 16.3. The average Bonchev–Trinajstić information content (AvgIpc) is 2.82. The summed E-state index contributed by atoms with van der Waals surface area (Å²) in [6, 6.07) is 10.5. The minimum atomic E-state index is -0.301. The zero-order valence-corrected chi connectivity index (χ0v) is 10.9. The van der Waals surface area contributed by atoms with Crippen molar-refractivity contribution >= 4 is 22.6 Å². The highest BCUT2D eigenvalue weighted by Crippen LogP contribution is 2.21. The predicted octanol–water partition coefficient (Wildman–Crippen LogP) is 2.53.